The van der Waals surface area contributed by atoms with Crippen molar-refractivity contribution >= 4 is 32.4 Å². The smallest absolute Gasteiger partial charge is 0.243 e. The van der Waals surface area contributed by atoms with Crippen LogP contribution in [-0.4, -0.2) is 61.2 Å². The van der Waals surface area contributed by atoms with Gasteiger partial charge in [-0.25, -0.2) is 13.4 Å². The molecule has 0 saturated carbocycles. The molecule has 2 aromatic rings. The molecule has 1 aliphatic heterocycles. The predicted molar refractivity (Wildman–Crippen MR) is 123 cm³/mol. The van der Waals surface area contributed by atoms with Gasteiger partial charge in [0.15, 0.2) is 5.13 Å². The Balaban J connectivity index is 1.30. The first kappa shape index (κ1) is 22.4. The van der Waals surface area contributed by atoms with E-state index < -0.39 is 10.0 Å². The van der Waals surface area contributed by atoms with Gasteiger partial charge in [0.25, 0.3) is 0 Å². The number of thiazole rings is 1. The summed E-state index contributed by atoms with van der Waals surface area (Å²) in [5, 5.41) is 3.57. The second kappa shape index (κ2) is 8.61. The highest BCUT2D eigenvalue weighted by molar-refractivity contribution is 7.89. The maximum absolute atomic E-state index is 13.0. The molecule has 0 radical (unpaired) electrons. The Morgan fingerprint density at radius 3 is 2.39 bits per heavy atom. The highest BCUT2D eigenvalue weighted by atomic mass is 32.2. The van der Waals surface area contributed by atoms with Crippen LogP contribution in [0.25, 0.3) is 0 Å². The zero-order valence-electron chi connectivity index (χ0n) is 18.3. The zero-order valence-corrected chi connectivity index (χ0v) is 20.0. The number of sulfonamides is 1. The van der Waals surface area contributed by atoms with E-state index >= 15 is 0 Å². The molecule has 1 aromatic heterocycles. The fourth-order valence-corrected chi connectivity index (χ4v) is 6.50. The van der Waals surface area contributed by atoms with E-state index in [1.165, 1.54) is 9.18 Å². The summed E-state index contributed by atoms with van der Waals surface area (Å²) in [6.07, 6.45) is 3.20. The van der Waals surface area contributed by atoms with Crippen LogP contribution in [0.1, 0.15) is 43.3 Å². The fraction of sp³-hybridized carbons (Fsp3) is 0.545. The van der Waals surface area contributed by atoms with Gasteiger partial charge < -0.3 is 5.32 Å². The van der Waals surface area contributed by atoms with Crippen LogP contribution in [0.15, 0.2) is 29.2 Å². The second-order valence-corrected chi connectivity index (χ2v) is 12.3. The predicted octanol–water partition coefficient (Wildman–Crippen LogP) is 2.87. The van der Waals surface area contributed by atoms with E-state index in [0.717, 1.165) is 30.5 Å². The van der Waals surface area contributed by atoms with Crippen LogP contribution in [0.5, 0.6) is 0 Å². The maximum atomic E-state index is 13.0. The normalized spacial score (nSPS) is 18.2. The molecule has 0 spiro atoms. The van der Waals surface area contributed by atoms with E-state index in [2.05, 4.69) is 31.1 Å². The van der Waals surface area contributed by atoms with Crippen LogP contribution in [0.3, 0.4) is 0 Å². The number of aromatic nitrogens is 1. The number of aryl methyl sites for hydroxylation is 2. The summed E-state index contributed by atoms with van der Waals surface area (Å²) in [6, 6.07) is 7.17. The third kappa shape index (κ3) is 5.00. The lowest BCUT2D eigenvalue weighted by atomic mass is 9.87. The van der Waals surface area contributed by atoms with Crippen LogP contribution < -0.4 is 5.32 Å². The molecule has 4 rings (SSSR count). The number of nitrogens with one attached hydrogen (secondary N) is 1. The van der Waals surface area contributed by atoms with Crippen molar-refractivity contribution in [1.82, 2.24) is 14.2 Å². The number of amides is 1. The largest absolute Gasteiger partial charge is 0.301 e. The number of hydrogen-bond acceptors (Lipinski definition) is 6. The van der Waals surface area contributed by atoms with E-state index in [-0.39, 0.29) is 17.9 Å². The molecule has 1 N–H and O–H groups in total. The molecule has 1 fully saturated rings. The van der Waals surface area contributed by atoms with Gasteiger partial charge >= 0.3 is 0 Å². The molecule has 0 unspecified atom stereocenters. The third-order valence-electron chi connectivity index (χ3n) is 5.90. The van der Waals surface area contributed by atoms with Gasteiger partial charge in [-0.2, -0.15) is 4.31 Å². The summed E-state index contributed by atoms with van der Waals surface area (Å²) in [7, 11) is -3.53. The summed E-state index contributed by atoms with van der Waals surface area (Å²) >= 11 is 1.57. The Morgan fingerprint density at radius 2 is 1.77 bits per heavy atom. The number of piperazine rings is 1. The molecule has 31 heavy (non-hydrogen) atoms. The lowest BCUT2D eigenvalue weighted by molar-refractivity contribution is -0.117. The molecule has 9 heteroatoms. The first-order chi connectivity index (χ1) is 14.6. The number of benzene rings is 1. The van der Waals surface area contributed by atoms with Gasteiger partial charge in [-0.15, -0.1) is 11.3 Å². The van der Waals surface area contributed by atoms with Crippen LogP contribution in [0.2, 0.25) is 0 Å². The van der Waals surface area contributed by atoms with Crippen LogP contribution in [-0.2, 0) is 33.1 Å². The lowest BCUT2D eigenvalue weighted by Gasteiger charge is -2.33. The second-order valence-electron chi connectivity index (χ2n) is 9.25. The molecule has 0 atom stereocenters. The Labute approximate surface area is 188 Å². The molecule has 1 aliphatic carbocycles. The van der Waals surface area contributed by atoms with Crippen molar-refractivity contribution in [3.8, 4) is 0 Å². The molecular formula is C22H30N4O3S2. The average Bonchev–Trinajstić information content (AvgIpc) is 3.29. The lowest BCUT2D eigenvalue weighted by Crippen LogP contribution is -2.50. The minimum Gasteiger partial charge on any atom is -0.301 e. The number of fused-ring (bicyclic) bond motifs is 1. The van der Waals surface area contributed by atoms with Crippen molar-refractivity contribution in [2.75, 3.05) is 38.0 Å². The monoisotopic (exact) mass is 462 g/mol. The molecule has 1 aromatic carbocycles. The van der Waals surface area contributed by atoms with Crippen LogP contribution in [0, 0.1) is 0 Å². The van der Waals surface area contributed by atoms with Gasteiger partial charge in [-0.3, -0.25) is 9.69 Å². The van der Waals surface area contributed by atoms with Gasteiger partial charge in [0, 0.05) is 31.1 Å². The first-order valence-corrected chi connectivity index (χ1v) is 13.0. The molecular weight excluding hydrogens is 432 g/mol. The van der Waals surface area contributed by atoms with Crippen molar-refractivity contribution in [3.05, 3.63) is 40.4 Å². The minimum atomic E-state index is -3.53. The third-order valence-corrected chi connectivity index (χ3v) is 8.88. The SMILES string of the molecule is CC(C)(C)c1ccc(S(=O)(=O)N2CCN(CC(=O)Nc3nc4c(s3)CCC4)CC2)cc1. The van der Waals surface area contributed by atoms with E-state index in [9.17, 15) is 13.2 Å². The summed E-state index contributed by atoms with van der Waals surface area (Å²) in [4.78, 5) is 20.5. The number of hydrogen-bond donors (Lipinski definition) is 1. The number of nitrogens with zero attached hydrogens (tertiary/aromatic N) is 3. The van der Waals surface area contributed by atoms with Crippen molar-refractivity contribution in [2.45, 2.75) is 50.3 Å². The van der Waals surface area contributed by atoms with Gasteiger partial charge in [-0.1, -0.05) is 32.9 Å². The standard InChI is InChI=1S/C22H30N4O3S2/c1-22(2,3)16-7-9-17(10-8-16)31(28,29)26-13-11-25(12-14-26)15-20(27)24-21-23-18-5-4-6-19(18)30-21/h7-10H,4-6,11-15H2,1-3H3,(H,23,24,27). The van der Waals surface area contributed by atoms with Gasteiger partial charge in [0.2, 0.25) is 15.9 Å². The van der Waals surface area contributed by atoms with Gasteiger partial charge in [0.1, 0.15) is 0 Å². The summed E-state index contributed by atoms with van der Waals surface area (Å²) < 4.78 is 27.5. The Kier molecular flexibility index (Phi) is 6.22. The molecule has 7 nitrogen and oxygen atoms in total. The number of rotatable bonds is 5. The van der Waals surface area contributed by atoms with E-state index in [1.54, 1.807) is 23.5 Å². The topological polar surface area (TPSA) is 82.6 Å². The van der Waals surface area contributed by atoms with Crippen molar-refractivity contribution in [1.29, 1.82) is 0 Å². The number of anilines is 1. The fourth-order valence-electron chi connectivity index (χ4n) is 4.01. The van der Waals surface area contributed by atoms with Crippen molar-refractivity contribution in [3.63, 3.8) is 0 Å². The average molecular weight is 463 g/mol. The quantitative estimate of drug-likeness (QED) is 0.739. The summed E-state index contributed by atoms with van der Waals surface area (Å²) in [6.45, 7) is 8.37. The van der Waals surface area contributed by atoms with Crippen LogP contribution >= 0.6 is 11.3 Å². The minimum absolute atomic E-state index is 0.0206. The highest BCUT2D eigenvalue weighted by Crippen LogP contribution is 2.30. The van der Waals surface area contributed by atoms with Gasteiger partial charge in [-0.05, 0) is 42.4 Å². The first-order valence-electron chi connectivity index (χ1n) is 10.7. The molecule has 1 saturated heterocycles. The van der Waals surface area contributed by atoms with Crippen molar-refractivity contribution in [2.24, 2.45) is 0 Å². The van der Waals surface area contributed by atoms with Crippen molar-refractivity contribution < 1.29 is 13.2 Å². The number of carbonyl (C=O) groups excluding carboxylic acids is 1. The van der Waals surface area contributed by atoms with Crippen LogP contribution in [0.4, 0.5) is 5.13 Å². The zero-order chi connectivity index (χ0) is 22.2. The summed E-state index contributed by atoms with van der Waals surface area (Å²) in [5.74, 6) is -0.0958. The van der Waals surface area contributed by atoms with E-state index in [4.69, 9.17) is 0 Å². The highest BCUT2D eigenvalue weighted by Gasteiger charge is 2.29. The Hall–Kier alpha value is -1.81. The molecule has 2 heterocycles. The van der Waals surface area contributed by atoms with Gasteiger partial charge in [0.05, 0.1) is 17.1 Å². The van der Waals surface area contributed by atoms with E-state index in [1.807, 2.05) is 17.0 Å². The maximum Gasteiger partial charge on any atom is 0.243 e. The molecule has 1 amide bonds. The Morgan fingerprint density at radius 1 is 1.10 bits per heavy atom. The van der Waals surface area contributed by atoms with E-state index in [0.29, 0.717) is 36.2 Å². The molecule has 2 aliphatic rings. The molecule has 0 bridgehead atoms. The summed E-state index contributed by atoms with van der Waals surface area (Å²) in [5.41, 5.74) is 2.20. The molecule has 168 valence electrons. The number of carbonyl (C=O) groups is 1. The Bertz CT molecular complexity index is 1030.